The van der Waals surface area contributed by atoms with Gasteiger partial charge >= 0.3 is 6.21 Å². The lowest BCUT2D eigenvalue weighted by atomic mass is 10.1. The first-order chi connectivity index (χ1) is 11.7. The number of fused-ring (bicyclic) bond motifs is 1. The van der Waals surface area contributed by atoms with Crippen LogP contribution in [0.1, 0.15) is 10.4 Å². The van der Waals surface area contributed by atoms with Crippen LogP contribution in [0.2, 0.25) is 0 Å². The zero-order valence-corrected chi connectivity index (χ0v) is 12.8. The zero-order valence-electron chi connectivity index (χ0n) is 12.8. The van der Waals surface area contributed by atoms with E-state index in [9.17, 15) is 4.79 Å². The Morgan fingerprint density at radius 3 is 2.62 bits per heavy atom. The lowest BCUT2D eigenvalue weighted by Gasteiger charge is -2.09. The molecule has 1 aromatic heterocycles. The molecule has 0 radical (unpaired) electrons. The molecule has 1 heterocycles. The molecule has 0 spiro atoms. The number of Topliss-reactive ketones (excluding diaryl/α,β-unsaturated/α-hetero) is 1. The van der Waals surface area contributed by atoms with Crippen LogP contribution in [-0.2, 0) is 0 Å². The van der Waals surface area contributed by atoms with Gasteiger partial charge in [0.2, 0.25) is 5.88 Å². The molecule has 118 valence electrons. The quantitative estimate of drug-likeness (QED) is 0.312. The van der Waals surface area contributed by atoms with Crippen molar-refractivity contribution in [3.8, 4) is 17.4 Å². The fraction of sp³-hybridized carbons (Fsp3) is 0.0556. The third-order valence-corrected chi connectivity index (χ3v) is 3.40. The third-order valence-electron chi connectivity index (χ3n) is 3.40. The lowest BCUT2D eigenvalue weighted by molar-refractivity contribution is 0.00236. The summed E-state index contributed by atoms with van der Waals surface area (Å²) in [4.78, 5) is 19.4. The fourth-order valence-electron chi connectivity index (χ4n) is 2.29. The highest BCUT2D eigenvalue weighted by Gasteiger charge is 2.16. The highest BCUT2D eigenvalue weighted by Crippen LogP contribution is 2.28. The van der Waals surface area contributed by atoms with Crippen molar-refractivity contribution in [1.29, 1.82) is 0 Å². The average Bonchev–Trinajstić information content (AvgIpc) is 2.61. The largest absolute Gasteiger partial charge is 0.497 e. The molecular formula is C18H13N3O3. The van der Waals surface area contributed by atoms with Gasteiger partial charge in [-0.05, 0) is 30.3 Å². The predicted octanol–water partition coefficient (Wildman–Crippen LogP) is 3.52. The standard InChI is InChI=1S/C18H13N3O3/c1-23-13-7-8-16-14(9-13)15(17(22)11-20-19)10-18(21-16)24-12-5-3-2-4-6-12/h2-11H,1H3. The van der Waals surface area contributed by atoms with Gasteiger partial charge in [0.1, 0.15) is 11.5 Å². The summed E-state index contributed by atoms with van der Waals surface area (Å²) in [5.41, 5.74) is 9.53. The van der Waals surface area contributed by atoms with E-state index in [4.69, 9.17) is 15.0 Å². The van der Waals surface area contributed by atoms with Crippen LogP contribution in [0.5, 0.6) is 17.4 Å². The number of hydrogen-bond acceptors (Lipinski definition) is 4. The number of hydrogen-bond donors (Lipinski definition) is 0. The van der Waals surface area contributed by atoms with Gasteiger partial charge in [0.25, 0.3) is 5.78 Å². The van der Waals surface area contributed by atoms with Gasteiger partial charge in [0, 0.05) is 17.0 Å². The topological polar surface area (TPSA) is 84.8 Å². The van der Waals surface area contributed by atoms with E-state index in [2.05, 4.69) is 9.77 Å². The number of benzene rings is 2. The molecule has 0 saturated carbocycles. The molecule has 3 rings (SSSR count). The number of ether oxygens (including phenoxy) is 2. The zero-order chi connectivity index (χ0) is 16.9. The summed E-state index contributed by atoms with van der Waals surface area (Å²) in [6.45, 7) is 0. The van der Waals surface area contributed by atoms with Crippen LogP contribution in [0.3, 0.4) is 0 Å². The Hall–Kier alpha value is -3.50. The molecule has 0 aliphatic carbocycles. The van der Waals surface area contributed by atoms with Crippen molar-refractivity contribution >= 4 is 22.9 Å². The molecule has 6 nitrogen and oxygen atoms in total. The van der Waals surface area contributed by atoms with Gasteiger partial charge in [-0.2, -0.15) is 4.79 Å². The van der Waals surface area contributed by atoms with Crippen LogP contribution in [0.4, 0.5) is 0 Å². The molecule has 0 fully saturated rings. The molecule has 0 bridgehead atoms. The van der Waals surface area contributed by atoms with Crippen molar-refractivity contribution in [1.82, 2.24) is 4.98 Å². The number of para-hydroxylation sites is 1. The first-order valence-corrected chi connectivity index (χ1v) is 7.14. The first-order valence-electron chi connectivity index (χ1n) is 7.14. The summed E-state index contributed by atoms with van der Waals surface area (Å²) in [5.74, 6) is 1.01. The molecule has 2 aromatic carbocycles. The molecule has 0 unspecified atom stereocenters. The lowest BCUT2D eigenvalue weighted by Crippen LogP contribution is -2.04. The first kappa shape index (κ1) is 15.4. The second-order valence-electron chi connectivity index (χ2n) is 4.92. The molecule has 6 heteroatoms. The van der Waals surface area contributed by atoms with Crippen molar-refractivity contribution < 1.29 is 19.1 Å². The maximum atomic E-state index is 12.2. The predicted molar refractivity (Wildman–Crippen MR) is 88.8 cm³/mol. The highest BCUT2D eigenvalue weighted by atomic mass is 16.5. The number of rotatable bonds is 5. The van der Waals surface area contributed by atoms with E-state index in [-0.39, 0.29) is 5.88 Å². The molecule has 24 heavy (non-hydrogen) atoms. The van der Waals surface area contributed by atoms with Crippen molar-refractivity contribution in [2.24, 2.45) is 0 Å². The van der Waals surface area contributed by atoms with E-state index in [0.29, 0.717) is 28.0 Å². The molecule has 3 aromatic rings. The average molecular weight is 319 g/mol. The summed E-state index contributed by atoms with van der Waals surface area (Å²) in [5, 5.41) is 0.583. The molecule has 0 aliphatic rings. The monoisotopic (exact) mass is 319 g/mol. The van der Waals surface area contributed by atoms with Gasteiger partial charge in [-0.15, -0.1) is 0 Å². The molecule has 0 N–H and O–H groups in total. The van der Waals surface area contributed by atoms with Gasteiger partial charge in [-0.1, -0.05) is 18.2 Å². The Balaban J connectivity index is 2.15. The summed E-state index contributed by atoms with van der Waals surface area (Å²) >= 11 is 0. The van der Waals surface area contributed by atoms with E-state index in [1.54, 1.807) is 30.3 Å². The molecule has 0 atom stereocenters. The van der Waals surface area contributed by atoms with E-state index in [1.165, 1.54) is 13.2 Å². The summed E-state index contributed by atoms with van der Waals surface area (Å²) in [6, 6.07) is 15.8. The van der Waals surface area contributed by atoms with E-state index in [1.807, 2.05) is 18.2 Å². The number of ketones is 1. The molecule has 0 saturated heterocycles. The number of nitrogens with zero attached hydrogens (tertiary/aromatic N) is 3. The van der Waals surface area contributed by atoms with Crippen molar-refractivity contribution in [3.63, 3.8) is 0 Å². The smallest absolute Gasteiger partial charge is 0.328 e. The van der Waals surface area contributed by atoms with Gasteiger partial charge in [-0.3, -0.25) is 4.79 Å². The Bertz CT molecular complexity index is 948. The van der Waals surface area contributed by atoms with Crippen molar-refractivity contribution in [2.75, 3.05) is 7.11 Å². The van der Waals surface area contributed by atoms with Gasteiger partial charge in [0.15, 0.2) is 0 Å². The summed E-state index contributed by atoms with van der Waals surface area (Å²) in [7, 11) is 1.54. The van der Waals surface area contributed by atoms with Gasteiger partial charge in [-0.25, -0.2) is 4.98 Å². The number of carbonyl (C=O) groups excluding carboxylic acids is 1. The number of carbonyl (C=O) groups is 1. The van der Waals surface area contributed by atoms with Crippen molar-refractivity contribution in [2.45, 2.75) is 0 Å². The van der Waals surface area contributed by atoms with Gasteiger partial charge < -0.3 is 15.0 Å². The third kappa shape index (κ3) is 3.14. The summed E-state index contributed by atoms with van der Waals surface area (Å²) < 4.78 is 10.9. The van der Waals surface area contributed by atoms with Crippen LogP contribution in [0, 0.1) is 0 Å². The summed E-state index contributed by atoms with van der Waals surface area (Å²) in [6.07, 6.45) is 0.834. The maximum absolute atomic E-state index is 12.2. The minimum atomic E-state index is -0.462. The van der Waals surface area contributed by atoms with Crippen LogP contribution in [-0.4, -0.2) is 28.9 Å². The highest BCUT2D eigenvalue weighted by molar-refractivity contribution is 6.36. The van der Waals surface area contributed by atoms with Crippen LogP contribution < -0.4 is 9.47 Å². The number of aromatic nitrogens is 1. The van der Waals surface area contributed by atoms with Crippen LogP contribution >= 0.6 is 0 Å². The Labute approximate surface area is 137 Å². The van der Waals surface area contributed by atoms with Crippen LogP contribution in [0.15, 0.2) is 54.6 Å². The van der Waals surface area contributed by atoms with E-state index < -0.39 is 5.78 Å². The fourth-order valence-corrected chi connectivity index (χ4v) is 2.29. The number of pyridine rings is 1. The normalized spacial score (nSPS) is 10.0. The second kappa shape index (κ2) is 6.73. The minimum Gasteiger partial charge on any atom is -0.497 e. The maximum Gasteiger partial charge on any atom is 0.328 e. The van der Waals surface area contributed by atoms with E-state index >= 15 is 0 Å². The van der Waals surface area contributed by atoms with Crippen molar-refractivity contribution in [3.05, 3.63) is 65.7 Å². The Morgan fingerprint density at radius 1 is 1.12 bits per heavy atom. The number of methoxy groups -OCH3 is 1. The Morgan fingerprint density at radius 2 is 1.92 bits per heavy atom. The minimum absolute atomic E-state index is 0.272. The second-order valence-corrected chi connectivity index (χ2v) is 4.92. The molecular weight excluding hydrogens is 306 g/mol. The molecule has 0 aliphatic heterocycles. The van der Waals surface area contributed by atoms with Crippen LogP contribution in [0.25, 0.3) is 16.4 Å². The SMILES string of the molecule is COc1ccc2nc(Oc3ccccc3)cc(C(=O)C=[N+]=[N-])c2c1. The van der Waals surface area contributed by atoms with Gasteiger partial charge in [0.05, 0.1) is 12.6 Å². The molecule has 0 amide bonds. The van der Waals surface area contributed by atoms with E-state index in [0.717, 1.165) is 6.21 Å². The Kier molecular flexibility index (Phi) is 4.32.